The van der Waals surface area contributed by atoms with Gasteiger partial charge in [-0.2, -0.15) is 4.58 Å². The van der Waals surface area contributed by atoms with Gasteiger partial charge in [-0.1, -0.05) is 93.1 Å². The third-order valence-electron chi connectivity index (χ3n) is 11.2. The first kappa shape index (κ1) is 38.5. The quantitative estimate of drug-likeness (QED) is 0.0915. The summed E-state index contributed by atoms with van der Waals surface area (Å²) in [6, 6.07) is 26.3. The standard InChI is InChI=1S/C46H48N4O3.ClH/c1-45(2)38(48(5)36-25-23-32-16-11-13-18-34(32)43(36)45)20-8-6-9-21-39-46(3,4)44-35-19-14-12-17-33(35)24-26-37(44)49(39)30-15-7-10-22-40(51)47-29-31-50-41(52)27-28-42(50)53;/h6,8-9,11-14,16-21,23-28H,7,10,15,22,29-31H2,1-5H3;1H. The molecule has 0 fully saturated rings. The Balaban J connectivity index is 0.00000497. The van der Waals surface area contributed by atoms with Crippen LogP contribution in [0.3, 0.4) is 0 Å². The fraction of sp³-hybridized carbons (Fsp3) is 0.304. The number of carbonyl (C=O) groups is 3. The Hall–Kier alpha value is -5.27. The smallest absolute Gasteiger partial charge is 0.253 e. The Morgan fingerprint density at radius 2 is 1.37 bits per heavy atom. The third kappa shape index (κ3) is 7.05. The van der Waals surface area contributed by atoms with Gasteiger partial charge in [-0.25, -0.2) is 0 Å². The van der Waals surface area contributed by atoms with Crippen LogP contribution in [0.5, 0.6) is 0 Å². The number of anilines is 1. The Bertz CT molecular complexity index is 2280. The molecule has 3 amide bonds. The van der Waals surface area contributed by atoms with E-state index in [4.69, 9.17) is 0 Å². The van der Waals surface area contributed by atoms with Gasteiger partial charge < -0.3 is 22.6 Å². The molecule has 0 radical (unpaired) electrons. The van der Waals surface area contributed by atoms with Gasteiger partial charge in [-0.3, -0.25) is 19.3 Å². The van der Waals surface area contributed by atoms with E-state index >= 15 is 0 Å². The number of fused-ring (bicyclic) bond motifs is 6. The normalized spacial score (nSPS) is 17.8. The number of allylic oxidation sites excluding steroid dienone is 6. The van der Waals surface area contributed by atoms with Gasteiger partial charge in [-0.05, 0) is 72.0 Å². The lowest BCUT2D eigenvalue weighted by atomic mass is 9.79. The van der Waals surface area contributed by atoms with Gasteiger partial charge in [0.1, 0.15) is 7.05 Å². The molecule has 0 spiro atoms. The van der Waals surface area contributed by atoms with Crippen molar-refractivity contribution < 1.29 is 31.4 Å². The van der Waals surface area contributed by atoms with Crippen LogP contribution in [0.15, 0.2) is 121 Å². The molecule has 7 rings (SSSR count). The van der Waals surface area contributed by atoms with Gasteiger partial charge in [0.25, 0.3) is 11.8 Å². The maximum atomic E-state index is 12.5. The van der Waals surface area contributed by atoms with E-state index in [-0.39, 0.29) is 54.0 Å². The summed E-state index contributed by atoms with van der Waals surface area (Å²) in [6.45, 7) is 10.6. The van der Waals surface area contributed by atoms with Gasteiger partial charge in [0.15, 0.2) is 5.71 Å². The number of nitrogens with one attached hydrogen (secondary N) is 1. The van der Waals surface area contributed by atoms with Gasteiger partial charge in [-0.15, -0.1) is 0 Å². The van der Waals surface area contributed by atoms with Gasteiger partial charge in [0.2, 0.25) is 11.6 Å². The molecule has 1 N–H and O–H groups in total. The fourth-order valence-corrected chi connectivity index (χ4v) is 8.61. The van der Waals surface area contributed by atoms with Gasteiger partial charge in [0.05, 0.1) is 5.41 Å². The molecule has 4 aromatic carbocycles. The number of hydrogen-bond donors (Lipinski definition) is 1. The van der Waals surface area contributed by atoms with Crippen LogP contribution in [-0.4, -0.2) is 59.6 Å². The molecule has 4 aromatic rings. The summed E-state index contributed by atoms with van der Waals surface area (Å²) in [4.78, 5) is 39.6. The van der Waals surface area contributed by atoms with Crippen molar-refractivity contribution in [2.45, 2.75) is 64.2 Å². The fourth-order valence-electron chi connectivity index (χ4n) is 8.61. The van der Waals surface area contributed by atoms with Crippen molar-refractivity contribution in [3.8, 4) is 0 Å². The number of nitrogens with zero attached hydrogens (tertiary/aromatic N) is 3. The number of amides is 3. The maximum Gasteiger partial charge on any atom is 0.253 e. The van der Waals surface area contributed by atoms with Crippen molar-refractivity contribution in [2.24, 2.45) is 0 Å². The second-order valence-corrected chi connectivity index (χ2v) is 15.3. The molecular formula is C46H49ClN4O3. The molecule has 0 bridgehead atoms. The minimum Gasteiger partial charge on any atom is -1.00 e. The molecule has 3 aliphatic heterocycles. The highest BCUT2D eigenvalue weighted by atomic mass is 35.5. The van der Waals surface area contributed by atoms with Crippen LogP contribution in [0.25, 0.3) is 21.5 Å². The molecule has 3 heterocycles. The van der Waals surface area contributed by atoms with Gasteiger partial charge in [0, 0.05) is 72.7 Å². The summed E-state index contributed by atoms with van der Waals surface area (Å²) in [5.74, 6) is -0.716. The highest BCUT2D eigenvalue weighted by molar-refractivity contribution is 6.13. The van der Waals surface area contributed by atoms with E-state index in [0.29, 0.717) is 6.42 Å². The highest BCUT2D eigenvalue weighted by Crippen LogP contribution is 2.51. The van der Waals surface area contributed by atoms with Crippen molar-refractivity contribution >= 4 is 56.4 Å². The summed E-state index contributed by atoms with van der Waals surface area (Å²) in [7, 11) is 2.17. The number of halogens is 1. The first-order chi connectivity index (χ1) is 25.5. The Labute approximate surface area is 324 Å². The first-order valence-corrected chi connectivity index (χ1v) is 18.8. The zero-order chi connectivity index (χ0) is 37.3. The number of hydrogen-bond acceptors (Lipinski definition) is 4. The molecule has 0 aliphatic carbocycles. The minimum atomic E-state index is -0.329. The minimum absolute atomic E-state index is 0. The molecule has 54 heavy (non-hydrogen) atoms. The summed E-state index contributed by atoms with van der Waals surface area (Å²) >= 11 is 0. The Kier molecular flexibility index (Phi) is 11.1. The molecule has 0 saturated carbocycles. The lowest BCUT2D eigenvalue weighted by Gasteiger charge is -2.27. The SMILES string of the molecule is C[N+]1=C(/C=C/C=C/C=C2/N(CCCCCC(=O)NCCN3C(=O)C=CC3=O)c3ccc4ccccc4c3C2(C)C)C(C)(C)c2c1ccc1ccccc21.[Cl-]. The summed E-state index contributed by atoms with van der Waals surface area (Å²) in [5, 5.41) is 7.96. The first-order valence-electron chi connectivity index (χ1n) is 18.8. The van der Waals surface area contributed by atoms with Crippen molar-refractivity contribution in [3.63, 3.8) is 0 Å². The predicted molar refractivity (Wildman–Crippen MR) is 216 cm³/mol. The predicted octanol–water partition coefficient (Wildman–Crippen LogP) is 5.40. The van der Waals surface area contributed by atoms with Crippen molar-refractivity contribution in [2.75, 3.05) is 31.6 Å². The van der Waals surface area contributed by atoms with Crippen LogP contribution in [0.4, 0.5) is 11.4 Å². The molecule has 0 atom stereocenters. The van der Waals surface area contributed by atoms with Crippen molar-refractivity contribution in [3.05, 3.63) is 132 Å². The van der Waals surface area contributed by atoms with E-state index in [1.807, 2.05) is 0 Å². The molecule has 8 heteroatoms. The Morgan fingerprint density at radius 3 is 2.07 bits per heavy atom. The number of benzene rings is 4. The number of unbranched alkanes of at least 4 members (excludes halogenated alkanes) is 2. The molecule has 7 nitrogen and oxygen atoms in total. The lowest BCUT2D eigenvalue weighted by molar-refractivity contribution is -0.401. The molecule has 0 aromatic heterocycles. The zero-order valence-electron chi connectivity index (χ0n) is 31.9. The van der Waals surface area contributed by atoms with E-state index in [1.54, 1.807) is 0 Å². The molecule has 0 unspecified atom stereocenters. The van der Waals surface area contributed by atoms with Crippen LogP contribution >= 0.6 is 0 Å². The summed E-state index contributed by atoms with van der Waals surface area (Å²) in [5.41, 5.74) is 7.43. The van der Waals surface area contributed by atoms with Crippen molar-refractivity contribution in [1.82, 2.24) is 10.2 Å². The zero-order valence-corrected chi connectivity index (χ0v) is 32.6. The van der Waals surface area contributed by atoms with E-state index in [0.717, 1.165) is 30.7 Å². The monoisotopic (exact) mass is 740 g/mol. The largest absolute Gasteiger partial charge is 1.00 e. The Morgan fingerprint density at radius 1 is 0.722 bits per heavy atom. The summed E-state index contributed by atoms with van der Waals surface area (Å²) < 4.78 is 2.33. The van der Waals surface area contributed by atoms with Crippen LogP contribution in [0, 0.1) is 0 Å². The number of carbonyl (C=O) groups excluding carboxylic acids is 3. The summed E-state index contributed by atoms with van der Waals surface area (Å²) in [6.07, 6.45) is 16.6. The van der Waals surface area contributed by atoms with Crippen molar-refractivity contribution in [1.29, 1.82) is 0 Å². The van der Waals surface area contributed by atoms with Crippen LogP contribution in [0.1, 0.15) is 64.5 Å². The van der Waals surface area contributed by atoms with Gasteiger partial charge >= 0.3 is 0 Å². The van der Waals surface area contributed by atoms with Crippen LogP contribution in [0.2, 0.25) is 0 Å². The third-order valence-corrected chi connectivity index (χ3v) is 11.2. The van der Waals surface area contributed by atoms with E-state index in [1.165, 1.54) is 67.6 Å². The van der Waals surface area contributed by atoms with Crippen LogP contribution in [-0.2, 0) is 25.2 Å². The molecule has 3 aliphatic rings. The lowest BCUT2D eigenvalue weighted by Crippen LogP contribution is -3.00. The average molecular weight is 741 g/mol. The van der Waals surface area contributed by atoms with E-state index < -0.39 is 0 Å². The molecule has 278 valence electrons. The topological polar surface area (TPSA) is 72.7 Å². The number of imide groups is 1. The second-order valence-electron chi connectivity index (χ2n) is 15.3. The number of rotatable bonds is 12. The van der Waals surface area contributed by atoms with E-state index in [2.05, 4.69) is 153 Å². The molecule has 0 saturated heterocycles. The maximum absolute atomic E-state index is 12.5. The average Bonchev–Trinajstić information content (AvgIpc) is 3.66. The van der Waals surface area contributed by atoms with Crippen LogP contribution < -0.4 is 22.6 Å². The van der Waals surface area contributed by atoms with E-state index in [9.17, 15) is 14.4 Å². The second kappa shape index (κ2) is 15.6. The molecular weight excluding hydrogens is 692 g/mol. The highest BCUT2D eigenvalue weighted by Gasteiger charge is 2.44.